The van der Waals surface area contributed by atoms with Crippen molar-refractivity contribution in [3.8, 4) is 17.2 Å². The number of carbonyl (C=O) groups excluding carboxylic acids is 2. The first-order chi connectivity index (χ1) is 14.4. The second-order valence-corrected chi connectivity index (χ2v) is 7.99. The number of carbonyl (C=O) groups is 2. The summed E-state index contributed by atoms with van der Waals surface area (Å²) >= 11 is 1.54. The molecule has 1 aliphatic rings. The van der Waals surface area contributed by atoms with Gasteiger partial charge in [-0.2, -0.15) is 0 Å². The molecule has 0 spiro atoms. The highest BCUT2D eigenvalue weighted by Gasteiger charge is 2.36. The number of rotatable bonds is 6. The fourth-order valence-corrected chi connectivity index (χ4v) is 4.43. The molecular formula is C22H26N2O5S. The van der Waals surface area contributed by atoms with Crippen molar-refractivity contribution in [2.45, 2.75) is 19.9 Å². The number of hydrogen-bond acceptors (Lipinski definition) is 6. The molecule has 1 unspecified atom stereocenters. The van der Waals surface area contributed by atoms with Crippen molar-refractivity contribution >= 4 is 29.3 Å². The third-order valence-corrected chi connectivity index (χ3v) is 6.14. The van der Waals surface area contributed by atoms with Crippen molar-refractivity contribution in [1.29, 1.82) is 0 Å². The van der Waals surface area contributed by atoms with Gasteiger partial charge in [0.25, 0.3) is 5.91 Å². The molecule has 0 radical (unpaired) electrons. The third-order valence-electron chi connectivity index (χ3n) is 5.13. The number of amides is 2. The van der Waals surface area contributed by atoms with Gasteiger partial charge in [-0.25, -0.2) is 0 Å². The Kier molecular flexibility index (Phi) is 6.77. The average molecular weight is 431 g/mol. The molecule has 3 rings (SSSR count). The molecular weight excluding hydrogens is 404 g/mol. The van der Waals surface area contributed by atoms with Crippen molar-refractivity contribution in [2.24, 2.45) is 0 Å². The lowest BCUT2D eigenvalue weighted by Gasteiger charge is -2.24. The molecule has 7 nitrogen and oxygen atoms in total. The number of aryl methyl sites for hydroxylation is 2. The van der Waals surface area contributed by atoms with Gasteiger partial charge in [0.2, 0.25) is 11.7 Å². The minimum absolute atomic E-state index is 0.205. The number of nitrogens with zero attached hydrogens (tertiary/aromatic N) is 1. The molecule has 0 aromatic heterocycles. The summed E-state index contributed by atoms with van der Waals surface area (Å²) in [6.45, 7) is 4.02. The van der Waals surface area contributed by atoms with Crippen LogP contribution >= 0.6 is 11.8 Å². The quantitative estimate of drug-likeness (QED) is 0.756. The topological polar surface area (TPSA) is 77.1 Å². The van der Waals surface area contributed by atoms with Crippen molar-refractivity contribution in [3.63, 3.8) is 0 Å². The highest BCUT2D eigenvalue weighted by atomic mass is 32.2. The van der Waals surface area contributed by atoms with Crippen molar-refractivity contribution in [1.82, 2.24) is 4.90 Å². The van der Waals surface area contributed by atoms with E-state index in [0.29, 0.717) is 34.4 Å². The number of nitrogens with one attached hydrogen (secondary N) is 1. The smallest absolute Gasteiger partial charge is 0.255 e. The molecule has 0 bridgehead atoms. The Morgan fingerprint density at radius 1 is 1.00 bits per heavy atom. The Morgan fingerprint density at radius 3 is 2.23 bits per heavy atom. The summed E-state index contributed by atoms with van der Waals surface area (Å²) < 4.78 is 16.0. The van der Waals surface area contributed by atoms with Gasteiger partial charge in [-0.15, -0.1) is 11.8 Å². The average Bonchev–Trinajstić information content (AvgIpc) is 3.24. The molecule has 0 saturated carbocycles. The molecule has 1 N–H and O–H groups in total. The van der Waals surface area contributed by atoms with E-state index in [1.807, 2.05) is 32.0 Å². The number of thioether (sulfide) groups is 1. The van der Waals surface area contributed by atoms with Crippen LogP contribution in [-0.2, 0) is 4.79 Å². The largest absolute Gasteiger partial charge is 0.493 e. The van der Waals surface area contributed by atoms with Gasteiger partial charge in [0.1, 0.15) is 6.04 Å². The van der Waals surface area contributed by atoms with E-state index in [4.69, 9.17) is 14.2 Å². The van der Waals surface area contributed by atoms with Crippen LogP contribution in [0.5, 0.6) is 17.2 Å². The van der Waals surface area contributed by atoms with Crippen LogP contribution in [0, 0.1) is 13.8 Å². The maximum absolute atomic E-state index is 13.2. The first kappa shape index (κ1) is 21.8. The first-order valence-corrected chi connectivity index (χ1v) is 10.6. The van der Waals surface area contributed by atoms with E-state index < -0.39 is 6.04 Å². The first-order valence-electron chi connectivity index (χ1n) is 9.46. The molecule has 2 aromatic carbocycles. The number of anilines is 1. The monoisotopic (exact) mass is 430 g/mol. The molecule has 2 amide bonds. The van der Waals surface area contributed by atoms with E-state index >= 15 is 0 Å². The lowest BCUT2D eigenvalue weighted by molar-refractivity contribution is -0.119. The predicted molar refractivity (Wildman–Crippen MR) is 118 cm³/mol. The fraction of sp³-hybridized carbons (Fsp3) is 0.364. The second-order valence-electron chi connectivity index (χ2n) is 6.99. The van der Waals surface area contributed by atoms with Crippen molar-refractivity contribution < 1.29 is 23.8 Å². The summed E-state index contributed by atoms with van der Waals surface area (Å²) in [4.78, 5) is 27.7. The van der Waals surface area contributed by atoms with Crippen LogP contribution in [-0.4, -0.2) is 55.7 Å². The van der Waals surface area contributed by atoms with Crippen LogP contribution in [0.1, 0.15) is 21.5 Å². The van der Waals surface area contributed by atoms with Gasteiger partial charge in [-0.3, -0.25) is 9.59 Å². The normalized spacial score (nSPS) is 15.6. The van der Waals surface area contributed by atoms with Crippen molar-refractivity contribution in [3.05, 3.63) is 47.0 Å². The minimum Gasteiger partial charge on any atom is -0.493 e. The zero-order valence-electron chi connectivity index (χ0n) is 17.8. The SMILES string of the molecule is COc1cc(C(=O)N2CSCC2C(=O)Nc2ccc(C)c(C)c2)cc(OC)c1OC. The number of methoxy groups -OCH3 is 3. The molecule has 1 heterocycles. The summed E-state index contributed by atoms with van der Waals surface area (Å²) in [6.07, 6.45) is 0. The molecule has 2 aromatic rings. The van der Waals surface area contributed by atoms with E-state index in [1.165, 1.54) is 21.3 Å². The van der Waals surface area contributed by atoms with Crippen LogP contribution in [0.4, 0.5) is 5.69 Å². The lowest BCUT2D eigenvalue weighted by Crippen LogP contribution is -2.44. The Balaban J connectivity index is 1.83. The summed E-state index contributed by atoms with van der Waals surface area (Å²) in [7, 11) is 4.50. The lowest BCUT2D eigenvalue weighted by atomic mass is 10.1. The minimum atomic E-state index is -0.566. The number of benzene rings is 2. The van der Waals surface area contributed by atoms with Gasteiger partial charge in [-0.05, 0) is 49.2 Å². The van der Waals surface area contributed by atoms with E-state index in [9.17, 15) is 9.59 Å². The molecule has 30 heavy (non-hydrogen) atoms. The third kappa shape index (κ3) is 4.33. The predicted octanol–water partition coefficient (Wildman–Crippen LogP) is 3.48. The van der Waals surface area contributed by atoms with Crippen LogP contribution in [0.25, 0.3) is 0 Å². The van der Waals surface area contributed by atoms with Crippen LogP contribution < -0.4 is 19.5 Å². The maximum atomic E-state index is 13.2. The van der Waals surface area contributed by atoms with Gasteiger partial charge in [0, 0.05) is 17.0 Å². The Labute approximate surface area is 180 Å². The van der Waals surface area contributed by atoms with Crippen LogP contribution in [0.15, 0.2) is 30.3 Å². The van der Waals surface area contributed by atoms with Gasteiger partial charge < -0.3 is 24.4 Å². The number of hydrogen-bond donors (Lipinski definition) is 1. The summed E-state index contributed by atoms with van der Waals surface area (Å²) in [5.41, 5.74) is 3.35. The molecule has 8 heteroatoms. The van der Waals surface area contributed by atoms with E-state index in [1.54, 1.807) is 28.8 Å². The standard InChI is InChI=1S/C22H26N2O5S/c1-13-6-7-16(8-14(13)2)23-21(25)17-11-30-12-24(17)22(26)15-9-18(27-3)20(29-5)19(10-15)28-4/h6-10,17H,11-12H2,1-5H3,(H,23,25). The van der Waals surface area contributed by atoms with Crippen molar-refractivity contribution in [2.75, 3.05) is 38.3 Å². The van der Waals surface area contributed by atoms with Gasteiger partial charge in [-0.1, -0.05) is 6.07 Å². The van der Waals surface area contributed by atoms with Gasteiger partial charge >= 0.3 is 0 Å². The molecule has 1 aliphatic heterocycles. The van der Waals surface area contributed by atoms with Gasteiger partial charge in [0.15, 0.2) is 11.5 Å². The van der Waals surface area contributed by atoms with Crippen LogP contribution in [0.3, 0.4) is 0 Å². The summed E-state index contributed by atoms with van der Waals surface area (Å²) in [5.74, 6) is 1.69. The van der Waals surface area contributed by atoms with E-state index in [-0.39, 0.29) is 11.8 Å². The Bertz CT molecular complexity index is 938. The highest BCUT2D eigenvalue weighted by molar-refractivity contribution is 7.99. The van der Waals surface area contributed by atoms with Crippen LogP contribution in [0.2, 0.25) is 0 Å². The molecule has 0 aliphatic carbocycles. The Hall–Kier alpha value is -2.87. The Morgan fingerprint density at radius 2 is 1.67 bits per heavy atom. The molecule has 160 valence electrons. The molecule has 1 saturated heterocycles. The van der Waals surface area contributed by atoms with Gasteiger partial charge in [0.05, 0.1) is 27.2 Å². The summed E-state index contributed by atoms with van der Waals surface area (Å²) in [6, 6.07) is 8.40. The zero-order valence-corrected chi connectivity index (χ0v) is 18.6. The maximum Gasteiger partial charge on any atom is 0.255 e. The second kappa shape index (κ2) is 9.30. The van der Waals surface area contributed by atoms with E-state index in [0.717, 1.165) is 16.8 Å². The number of ether oxygens (including phenoxy) is 3. The highest BCUT2D eigenvalue weighted by Crippen LogP contribution is 2.39. The zero-order chi connectivity index (χ0) is 21.8. The fourth-order valence-electron chi connectivity index (χ4n) is 3.28. The molecule has 1 atom stereocenters. The summed E-state index contributed by atoms with van der Waals surface area (Å²) in [5, 5.41) is 2.94. The molecule has 1 fully saturated rings. The van der Waals surface area contributed by atoms with E-state index in [2.05, 4.69) is 5.32 Å².